The third-order valence-corrected chi connectivity index (χ3v) is 3.72. The molecule has 1 fully saturated rings. The molecule has 1 aliphatic heterocycles. The van der Waals surface area contributed by atoms with E-state index in [-0.39, 0.29) is 18.3 Å². The quantitative estimate of drug-likeness (QED) is 0.837. The third kappa shape index (κ3) is 3.55. The summed E-state index contributed by atoms with van der Waals surface area (Å²) in [6, 6.07) is 6.26. The Hall–Kier alpha value is -1.46. The van der Waals surface area contributed by atoms with Crippen molar-refractivity contribution in [1.82, 2.24) is 5.32 Å². The molecular formula is C15H20FNO3. The molecule has 2 atom stereocenters. The fourth-order valence-electron chi connectivity index (χ4n) is 2.38. The maximum absolute atomic E-state index is 13.7. The number of nitrogens with one attached hydrogen (secondary N) is 1. The predicted molar refractivity (Wildman–Crippen MR) is 73.1 cm³/mol. The van der Waals surface area contributed by atoms with Crippen LogP contribution in [0.3, 0.4) is 0 Å². The summed E-state index contributed by atoms with van der Waals surface area (Å²) in [4.78, 5) is 11.5. The van der Waals surface area contributed by atoms with Crippen LogP contribution in [0.5, 0.6) is 0 Å². The molecular weight excluding hydrogens is 261 g/mol. The number of aliphatic carboxylic acids is 1. The average Bonchev–Trinajstić information content (AvgIpc) is 2.92. The van der Waals surface area contributed by atoms with E-state index in [2.05, 4.69) is 5.32 Å². The molecule has 0 amide bonds. The van der Waals surface area contributed by atoms with E-state index >= 15 is 0 Å². The Morgan fingerprint density at radius 3 is 2.90 bits per heavy atom. The second-order valence-corrected chi connectivity index (χ2v) is 5.42. The lowest BCUT2D eigenvalue weighted by atomic mass is 9.92. The number of ether oxygens (including phenoxy) is 1. The van der Waals surface area contributed by atoms with Crippen LogP contribution >= 0.6 is 0 Å². The highest BCUT2D eigenvalue weighted by atomic mass is 19.1. The summed E-state index contributed by atoms with van der Waals surface area (Å²) in [5.41, 5.74) is -0.800. The van der Waals surface area contributed by atoms with Gasteiger partial charge in [-0.3, -0.25) is 10.1 Å². The number of benzene rings is 1. The highest BCUT2D eigenvalue weighted by Crippen LogP contribution is 2.18. The van der Waals surface area contributed by atoms with Crippen molar-refractivity contribution in [3.05, 3.63) is 35.6 Å². The Morgan fingerprint density at radius 2 is 2.30 bits per heavy atom. The Labute approximate surface area is 117 Å². The standard InChI is InChI=1S/C15H20FNO3/c1-15(14(18)19,17-10-12-6-4-8-20-12)9-11-5-2-3-7-13(11)16/h2-3,5,7,12,17H,4,6,8-10H2,1H3,(H,18,19). The number of halogens is 1. The van der Waals surface area contributed by atoms with Gasteiger partial charge in [-0.05, 0) is 31.4 Å². The van der Waals surface area contributed by atoms with E-state index in [0.29, 0.717) is 12.1 Å². The van der Waals surface area contributed by atoms with Crippen molar-refractivity contribution >= 4 is 5.97 Å². The molecule has 1 aromatic carbocycles. The molecule has 4 nitrogen and oxygen atoms in total. The van der Waals surface area contributed by atoms with Gasteiger partial charge in [-0.15, -0.1) is 0 Å². The van der Waals surface area contributed by atoms with E-state index in [1.807, 2.05) is 0 Å². The molecule has 1 aliphatic rings. The van der Waals surface area contributed by atoms with Crippen LogP contribution in [-0.4, -0.2) is 35.9 Å². The van der Waals surface area contributed by atoms with Crippen molar-refractivity contribution in [3.63, 3.8) is 0 Å². The van der Waals surface area contributed by atoms with Crippen LogP contribution in [0, 0.1) is 5.82 Å². The van der Waals surface area contributed by atoms with Gasteiger partial charge in [0, 0.05) is 19.6 Å². The zero-order valence-corrected chi connectivity index (χ0v) is 11.6. The maximum atomic E-state index is 13.7. The van der Waals surface area contributed by atoms with Crippen LogP contribution in [0.1, 0.15) is 25.3 Å². The molecule has 1 aromatic rings. The second kappa shape index (κ2) is 6.33. The van der Waals surface area contributed by atoms with Crippen molar-refractivity contribution in [1.29, 1.82) is 0 Å². The molecule has 1 saturated heterocycles. The first-order valence-corrected chi connectivity index (χ1v) is 6.85. The third-order valence-electron chi connectivity index (χ3n) is 3.72. The molecule has 0 saturated carbocycles. The predicted octanol–water partition coefficient (Wildman–Crippen LogP) is 1.98. The first-order chi connectivity index (χ1) is 9.51. The number of carboxylic acids is 1. The summed E-state index contributed by atoms with van der Waals surface area (Å²) in [5.74, 6) is -1.36. The Balaban J connectivity index is 2.04. The monoisotopic (exact) mass is 281 g/mol. The van der Waals surface area contributed by atoms with Gasteiger partial charge in [0.1, 0.15) is 11.4 Å². The summed E-state index contributed by atoms with van der Waals surface area (Å²) in [5, 5.41) is 12.5. The lowest BCUT2D eigenvalue weighted by Gasteiger charge is -2.28. The van der Waals surface area contributed by atoms with E-state index in [1.165, 1.54) is 6.07 Å². The summed E-state index contributed by atoms with van der Waals surface area (Å²) in [6.45, 7) is 2.78. The van der Waals surface area contributed by atoms with Crippen LogP contribution in [0.15, 0.2) is 24.3 Å². The first kappa shape index (κ1) is 14.9. The highest BCUT2D eigenvalue weighted by Gasteiger charge is 2.34. The number of hydrogen-bond acceptors (Lipinski definition) is 3. The summed E-state index contributed by atoms with van der Waals surface area (Å²) < 4.78 is 19.2. The van der Waals surface area contributed by atoms with Gasteiger partial charge >= 0.3 is 5.97 Å². The fourth-order valence-corrected chi connectivity index (χ4v) is 2.38. The van der Waals surface area contributed by atoms with Crippen LogP contribution in [0.25, 0.3) is 0 Å². The lowest BCUT2D eigenvalue weighted by molar-refractivity contribution is -0.144. The Kier molecular flexibility index (Phi) is 4.73. The average molecular weight is 281 g/mol. The van der Waals surface area contributed by atoms with E-state index in [9.17, 15) is 14.3 Å². The van der Waals surface area contributed by atoms with Gasteiger partial charge < -0.3 is 9.84 Å². The summed E-state index contributed by atoms with van der Waals surface area (Å²) in [6.07, 6.45) is 2.09. The smallest absolute Gasteiger partial charge is 0.323 e. The van der Waals surface area contributed by atoms with Crippen molar-refractivity contribution < 1.29 is 19.0 Å². The first-order valence-electron chi connectivity index (χ1n) is 6.85. The zero-order valence-electron chi connectivity index (χ0n) is 11.6. The number of hydrogen-bond donors (Lipinski definition) is 2. The molecule has 2 unspecified atom stereocenters. The van der Waals surface area contributed by atoms with Crippen molar-refractivity contribution in [2.24, 2.45) is 0 Å². The normalized spacial score (nSPS) is 21.6. The van der Waals surface area contributed by atoms with Crippen LogP contribution in [0.2, 0.25) is 0 Å². The van der Waals surface area contributed by atoms with Gasteiger partial charge in [0.05, 0.1) is 6.10 Å². The fraction of sp³-hybridized carbons (Fsp3) is 0.533. The molecule has 0 aliphatic carbocycles. The van der Waals surface area contributed by atoms with E-state index in [4.69, 9.17) is 4.74 Å². The van der Waals surface area contributed by atoms with Crippen LogP contribution < -0.4 is 5.32 Å². The second-order valence-electron chi connectivity index (χ2n) is 5.42. The number of carbonyl (C=O) groups is 1. The Bertz CT molecular complexity index is 474. The van der Waals surface area contributed by atoms with Crippen molar-refractivity contribution in [2.75, 3.05) is 13.2 Å². The molecule has 0 bridgehead atoms. The van der Waals surface area contributed by atoms with E-state index < -0.39 is 11.5 Å². The van der Waals surface area contributed by atoms with Gasteiger partial charge in [0.2, 0.25) is 0 Å². The molecule has 0 spiro atoms. The van der Waals surface area contributed by atoms with Gasteiger partial charge in [0.25, 0.3) is 0 Å². The minimum Gasteiger partial charge on any atom is -0.480 e. The van der Waals surface area contributed by atoms with Gasteiger partial charge in [0.15, 0.2) is 0 Å². The molecule has 0 aromatic heterocycles. The minimum atomic E-state index is -1.20. The van der Waals surface area contributed by atoms with Gasteiger partial charge in [-0.25, -0.2) is 4.39 Å². The molecule has 20 heavy (non-hydrogen) atoms. The minimum absolute atomic E-state index is 0.0503. The SMILES string of the molecule is CC(Cc1ccccc1F)(NCC1CCCO1)C(=O)O. The van der Waals surface area contributed by atoms with Gasteiger partial charge in [-0.1, -0.05) is 18.2 Å². The molecule has 110 valence electrons. The topological polar surface area (TPSA) is 58.6 Å². The molecule has 1 heterocycles. The van der Waals surface area contributed by atoms with E-state index in [1.54, 1.807) is 25.1 Å². The largest absolute Gasteiger partial charge is 0.480 e. The summed E-state index contributed by atoms with van der Waals surface area (Å²) >= 11 is 0. The molecule has 5 heteroatoms. The number of rotatable bonds is 6. The number of carboxylic acid groups (broad SMARTS) is 1. The molecule has 0 radical (unpaired) electrons. The molecule has 2 rings (SSSR count). The van der Waals surface area contributed by atoms with Gasteiger partial charge in [-0.2, -0.15) is 0 Å². The van der Waals surface area contributed by atoms with Crippen molar-refractivity contribution in [3.8, 4) is 0 Å². The van der Waals surface area contributed by atoms with Crippen LogP contribution in [0.4, 0.5) is 4.39 Å². The van der Waals surface area contributed by atoms with E-state index in [0.717, 1.165) is 19.4 Å². The van der Waals surface area contributed by atoms with Crippen molar-refractivity contribution in [2.45, 2.75) is 37.8 Å². The highest BCUT2D eigenvalue weighted by molar-refractivity contribution is 5.78. The van der Waals surface area contributed by atoms with Crippen LogP contribution in [-0.2, 0) is 16.0 Å². The summed E-state index contributed by atoms with van der Waals surface area (Å²) in [7, 11) is 0. The maximum Gasteiger partial charge on any atom is 0.323 e. The Morgan fingerprint density at radius 1 is 1.55 bits per heavy atom. The molecule has 2 N–H and O–H groups in total. The zero-order chi connectivity index (χ0) is 14.6. The lowest BCUT2D eigenvalue weighted by Crippen LogP contribution is -2.53.